The van der Waals surface area contributed by atoms with Crippen LogP contribution in [-0.4, -0.2) is 63.6 Å². The van der Waals surface area contributed by atoms with E-state index in [1.807, 2.05) is 43.3 Å². The largest absolute Gasteiger partial charge is 0.394 e. The maximum absolute atomic E-state index is 12.0. The first kappa shape index (κ1) is 18.3. The Kier molecular flexibility index (Phi) is 4.36. The van der Waals surface area contributed by atoms with Gasteiger partial charge in [0.1, 0.15) is 18.3 Å². The number of H-pyrrole nitrogens is 1. The SMILES string of the molecule is CN(C)c1ccc(C2OC3C(CO)OC(n4cnc5c(=O)[nH]cnc54)C3O2)cc1. The molecular formula is C19H21N5O5. The van der Waals surface area contributed by atoms with E-state index in [9.17, 15) is 9.90 Å². The fraction of sp³-hybridized carbons (Fsp3) is 0.421. The molecule has 0 bridgehead atoms. The number of hydrogen-bond acceptors (Lipinski definition) is 8. The summed E-state index contributed by atoms with van der Waals surface area (Å²) in [4.78, 5) is 24.8. The zero-order valence-corrected chi connectivity index (χ0v) is 15.9. The van der Waals surface area contributed by atoms with Gasteiger partial charge in [-0.15, -0.1) is 0 Å². The summed E-state index contributed by atoms with van der Waals surface area (Å²) in [6, 6.07) is 7.90. The fourth-order valence-electron chi connectivity index (χ4n) is 3.84. The van der Waals surface area contributed by atoms with Crippen LogP contribution in [0, 0.1) is 0 Å². The number of hydrogen-bond donors (Lipinski definition) is 2. The third-order valence-corrected chi connectivity index (χ3v) is 5.35. The molecule has 0 spiro atoms. The van der Waals surface area contributed by atoms with Crippen LogP contribution in [0.5, 0.6) is 0 Å². The van der Waals surface area contributed by atoms with Crippen LogP contribution < -0.4 is 10.5 Å². The number of anilines is 1. The van der Waals surface area contributed by atoms with Gasteiger partial charge in [-0.2, -0.15) is 0 Å². The number of ether oxygens (including phenoxy) is 3. The molecule has 10 nitrogen and oxygen atoms in total. The Bertz CT molecular complexity index is 1080. The lowest BCUT2D eigenvalue weighted by Gasteiger charge is -2.21. The second-order valence-electron chi connectivity index (χ2n) is 7.32. The van der Waals surface area contributed by atoms with E-state index < -0.39 is 30.8 Å². The number of nitrogens with zero attached hydrogens (tertiary/aromatic N) is 4. The van der Waals surface area contributed by atoms with Gasteiger partial charge in [0.05, 0.1) is 19.3 Å². The van der Waals surface area contributed by atoms with Crippen molar-refractivity contribution in [3.05, 3.63) is 52.8 Å². The molecule has 5 atom stereocenters. The number of imidazole rings is 1. The van der Waals surface area contributed by atoms with E-state index >= 15 is 0 Å². The molecular weight excluding hydrogens is 378 g/mol. The van der Waals surface area contributed by atoms with Crippen LogP contribution in [0.15, 0.2) is 41.7 Å². The first-order valence-corrected chi connectivity index (χ1v) is 9.31. The number of rotatable bonds is 4. The lowest BCUT2D eigenvalue weighted by molar-refractivity contribution is -0.153. The molecule has 2 aromatic heterocycles. The summed E-state index contributed by atoms with van der Waals surface area (Å²) in [5.41, 5.74) is 2.23. The van der Waals surface area contributed by atoms with Gasteiger partial charge in [0.15, 0.2) is 23.7 Å². The Labute approximate surface area is 165 Å². The number of aromatic amines is 1. The van der Waals surface area contributed by atoms with Crippen LogP contribution >= 0.6 is 0 Å². The molecule has 5 rings (SSSR count). The molecule has 2 N–H and O–H groups in total. The van der Waals surface area contributed by atoms with Gasteiger partial charge in [-0.1, -0.05) is 12.1 Å². The summed E-state index contributed by atoms with van der Waals surface area (Å²) < 4.78 is 19.9. The van der Waals surface area contributed by atoms with Crippen molar-refractivity contribution >= 4 is 16.9 Å². The van der Waals surface area contributed by atoms with E-state index in [0.717, 1.165) is 11.3 Å². The molecule has 2 fully saturated rings. The van der Waals surface area contributed by atoms with Crippen molar-refractivity contribution in [2.75, 3.05) is 25.6 Å². The molecule has 0 amide bonds. The standard InChI is InChI=1S/C19H21N5O5/c1-23(2)11-5-3-10(4-6-11)19-28-14-12(7-25)27-18(15(14)29-19)24-9-22-13-16(24)20-8-21-17(13)26/h3-6,8-9,12,14-15,18-19,25H,7H2,1-2H3,(H,20,21,26). The van der Waals surface area contributed by atoms with Crippen molar-refractivity contribution in [1.29, 1.82) is 0 Å². The Morgan fingerprint density at radius 1 is 1.14 bits per heavy atom. The van der Waals surface area contributed by atoms with Crippen LogP contribution in [0.2, 0.25) is 0 Å². The Morgan fingerprint density at radius 2 is 1.90 bits per heavy atom. The molecule has 3 aromatic rings. The average molecular weight is 399 g/mol. The number of benzene rings is 1. The third kappa shape index (κ3) is 2.92. The normalized spacial score (nSPS) is 28.7. The van der Waals surface area contributed by atoms with Gasteiger partial charge in [-0.25, -0.2) is 9.97 Å². The highest BCUT2D eigenvalue weighted by atomic mass is 16.8. The highest BCUT2D eigenvalue weighted by Crippen LogP contribution is 2.44. The fourth-order valence-corrected chi connectivity index (χ4v) is 3.84. The van der Waals surface area contributed by atoms with Gasteiger partial charge in [0.2, 0.25) is 0 Å². The van der Waals surface area contributed by atoms with Crippen molar-refractivity contribution in [2.45, 2.75) is 30.8 Å². The number of aliphatic hydroxyl groups is 1. The predicted octanol–water partition coefficient (Wildman–Crippen LogP) is 0.558. The highest BCUT2D eigenvalue weighted by Gasteiger charge is 2.53. The second kappa shape index (κ2) is 6.92. The monoisotopic (exact) mass is 399 g/mol. The molecule has 152 valence electrons. The Balaban J connectivity index is 1.46. The lowest BCUT2D eigenvalue weighted by Crippen LogP contribution is -2.30. The van der Waals surface area contributed by atoms with Crippen molar-refractivity contribution < 1.29 is 19.3 Å². The van der Waals surface area contributed by atoms with E-state index in [-0.39, 0.29) is 17.7 Å². The van der Waals surface area contributed by atoms with Crippen molar-refractivity contribution in [3.8, 4) is 0 Å². The maximum Gasteiger partial charge on any atom is 0.278 e. The average Bonchev–Trinajstić information content (AvgIpc) is 3.41. The zero-order chi connectivity index (χ0) is 20.1. The molecule has 0 aliphatic carbocycles. The van der Waals surface area contributed by atoms with E-state index in [0.29, 0.717) is 5.65 Å². The molecule has 10 heteroatoms. The highest BCUT2D eigenvalue weighted by molar-refractivity contribution is 5.68. The molecule has 0 radical (unpaired) electrons. The van der Waals surface area contributed by atoms with Gasteiger partial charge in [-0.3, -0.25) is 9.36 Å². The number of aliphatic hydroxyl groups excluding tert-OH is 1. The summed E-state index contributed by atoms with van der Waals surface area (Å²) in [5, 5.41) is 9.78. The van der Waals surface area contributed by atoms with E-state index in [2.05, 4.69) is 15.0 Å². The first-order chi connectivity index (χ1) is 14.1. The van der Waals surface area contributed by atoms with Crippen LogP contribution in [0.25, 0.3) is 11.2 Å². The Morgan fingerprint density at radius 3 is 2.62 bits per heavy atom. The smallest absolute Gasteiger partial charge is 0.278 e. The minimum atomic E-state index is -0.623. The van der Waals surface area contributed by atoms with Gasteiger partial charge in [0, 0.05) is 25.3 Å². The third-order valence-electron chi connectivity index (χ3n) is 5.35. The summed E-state index contributed by atoms with van der Waals surface area (Å²) >= 11 is 0. The van der Waals surface area contributed by atoms with Gasteiger partial charge < -0.3 is 29.2 Å². The summed E-state index contributed by atoms with van der Waals surface area (Å²) in [5.74, 6) is 0. The van der Waals surface area contributed by atoms with Crippen molar-refractivity contribution in [2.24, 2.45) is 0 Å². The molecule has 29 heavy (non-hydrogen) atoms. The summed E-state index contributed by atoms with van der Waals surface area (Å²) in [7, 11) is 3.95. The van der Waals surface area contributed by atoms with Crippen LogP contribution in [0.4, 0.5) is 5.69 Å². The molecule has 1 aromatic carbocycles. The predicted molar refractivity (Wildman–Crippen MR) is 102 cm³/mol. The van der Waals surface area contributed by atoms with Crippen LogP contribution in [0.1, 0.15) is 18.1 Å². The molecule has 2 saturated heterocycles. The van der Waals surface area contributed by atoms with E-state index in [1.54, 1.807) is 4.57 Å². The number of aromatic nitrogens is 4. The topological polar surface area (TPSA) is 115 Å². The van der Waals surface area contributed by atoms with Crippen LogP contribution in [-0.2, 0) is 14.2 Å². The van der Waals surface area contributed by atoms with Gasteiger partial charge in [0.25, 0.3) is 5.56 Å². The number of nitrogens with one attached hydrogen (secondary N) is 1. The lowest BCUT2D eigenvalue weighted by atomic mass is 10.1. The molecule has 2 aliphatic heterocycles. The van der Waals surface area contributed by atoms with Crippen LogP contribution in [0.3, 0.4) is 0 Å². The zero-order valence-electron chi connectivity index (χ0n) is 15.9. The van der Waals surface area contributed by atoms with Crippen molar-refractivity contribution in [1.82, 2.24) is 19.5 Å². The molecule has 2 aliphatic rings. The van der Waals surface area contributed by atoms with Gasteiger partial charge >= 0.3 is 0 Å². The van der Waals surface area contributed by atoms with E-state index in [1.165, 1.54) is 12.7 Å². The van der Waals surface area contributed by atoms with Gasteiger partial charge in [-0.05, 0) is 12.1 Å². The van der Waals surface area contributed by atoms with Crippen molar-refractivity contribution in [3.63, 3.8) is 0 Å². The molecule has 5 unspecified atom stereocenters. The molecule has 0 saturated carbocycles. The van der Waals surface area contributed by atoms with E-state index in [4.69, 9.17) is 14.2 Å². The molecule has 4 heterocycles. The summed E-state index contributed by atoms with van der Waals surface area (Å²) in [6.45, 7) is -0.214. The summed E-state index contributed by atoms with van der Waals surface area (Å²) in [6.07, 6.45) is 0.120. The quantitative estimate of drug-likeness (QED) is 0.654. The maximum atomic E-state index is 12.0. The Hall–Kier alpha value is -2.79. The first-order valence-electron chi connectivity index (χ1n) is 9.31. The minimum Gasteiger partial charge on any atom is -0.394 e. The minimum absolute atomic E-state index is 0.214. The number of fused-ring (bicyclic) bond motifs is 2. The second-order valence-corrected chi connectivity index (χ2v) is 7.32.